The molecule has 0 spiro atoms. The van der Waals surface area contributed by atoms with Crippen molar-refractivity contribution in [2.45, 2.75) is 6.61 Å². The molecule has 1 aromatic heterocycles. The number of hydrogen-bond donors (Lipinski definition) is 1. The number of hydrogen-bond acceptors (Lipinski definition) is 3. The summed E-state index contributed by atoms with van der Waals surface area (Å²) < 4.78 is 30.3. The van der Waals surface area contributed by atoms with E-state index in [4.69, 9.17) is 0 Å². The molecule has 1 heterocycles. The summed E-state index contributed by atoms with van der Waals surface area (Å²) in [6.07, 6.45) is 1.46. The summed E-state index contributed by atoms with van der Waals surface area (Å²) in [5, 5.41) is 9.43. The third-order valence-corrected chi connectivity index (χ3v) is 3.75. The van der Waals surface area contributed by atoms with E-state index in [9.17, 15) is 14.0 Å². The van der Waals surface area contributed by atoms with Gasteiger partial charge in [-0.1, -0.05) is 28.1 Å². The SMILES string of the molecule is N#C/C(=C\c1cc(Br)ccc1OC(F)F)c1nc2ccccc2[nH]1. The number of ether oxygens (including phenoxy) is 1. The summed E-state index contributed by atoms with van der Waals surface area (Å²) in [7, 11) is 0. The van der Waals surface area contributed by atoms with Crippen LogP contribution in [-0.2, 0) is 0 Å². The van der Waals surface area contributed by atoms with Gasteiger partial charge in [0.05, 0.1) is 16.6 Å². The molecule has 0 saturated carbocycles. The Morgan fingerprint density at radius 3 is 2.79 bits per heavy atom. The summed E-state index contributed by atoms with van der Waals surface area (Å²) in [5.41, 5.74) is 2.06. The highest BCUT2D eigenvalue weighted by Crippen LogP contribution is 2.28. The first-order valence-electron chi connectivity index (χ1n) is 6.88. The molecule has 0 unspecified atom stereocenters. The number of nitrogens with one attached hydrogen (secondary N) is 1. The van der Waals surface area contributed by atoms with Crippen LogP contribution in [0.5, 0.6) is 5.75 Å². The van der Waals surface area contributed by atoms with Gasteiger partial charge in [0.15, 0.2) is 0 Å². The highest BCUT2D eigenvalue weighted by molar-refractivity contribution is 9.10. The van der Waals surface area contributed by atoms with E-state index < -0.39 is 6.61 Å². The number of alkyl halides is 2. The molecular weight excluding hydrogens is 380 g/mol. The van der Waals surface area contributed by atoms with Gasteiger partial charge >= 0.3 is 6.61 Å². The number of imidazole rings is 1. The topological polar surface area (TPSA) is 61.7 Å². The van der Waals surface area contributed by atoms with Crippen molar-refractivity contribution >= 4 is 38.6 Å². The minimum Gasteiger partial charge on any atom is -0.434 e. The van der Waals surface area contributed by atoms with Crippen molar-refractivity contribution in [2.75, 3.05) is 0 Å². The van der Waals surface area contributed by atoms with Crippen molar-refractivity contribution in [2.24, 2.45) is 0 Å². The Hall–Kier alpha value is -2.72. The van der Waals surface area contributed by atoms with Crippen molar-refractivity contribution in [3.63, 3.8) is 0 Å². The van der Waals surface area contributed by atoms with Gasteiger partial charge in [-0.15, -0.1) is 0 Å². The fraction of sp³-hybridized carbons (Fsp3) is 0.0588. The number of nitriles is 1. The third-order valence-electron chi connectivity index (χ3n) is 3.25. The van der Waals surface area contributed by atoms with Gasteiger partial charge < -0.3 is 9.72 Å². The zero-order valence-electron chi connectivity index (χ0n) is 12.1. The predicted molar refractivity (Wildman–Crippen MR) is 90.4 cm³/mol. The molecular formula is C17H10BrF2N3O. The first kappa shape index (κ1) is 16.1. The van der Waals surface area contributed by atoms with Gasteiger partial charge in [0.25, 0.3) is 0 Å². The van der Waals surface area contributed by atoms with Gasteiger partial charge in [-0.05, 0) is 36.4 Å². The van der Waals surface area contributed by atoms with Crippen LogP contribution in [0.15, 0.2) is 46.9 Å². The van der Waals surface area contributed by atoms with E-state index in [2.05, 4.69) is 30.6 Å². The lowest BCUT2D eigenvalue weighted by molar-refractivity contribution is -0.0499. The van der Waals surface area contributed by atoms with E-state index in [-0.39, 0.29) is 11.3 Å². The minimum atomic E-state index is -2.95. The first-order valence-corrected chi connectivity index (χ1v) is 7.67. The number of nitrogens with zero attached hydrogens (tertiary/aromatic N) is 2. The molecule has 0 radical (unpaired) electrons. The van der Waals surface area contributed by atoms with E-state index >= 15 is 0 Å². The van der Waals surface area contributed by atoms with Crippen LogP contribution in [0.1, 0.15) is 11.4 Å². The number of H-pyrrole nitrogens is 1. The second-order valence-corrected chi connectivity index (χ2v) is 5.75. The number of benzene rings is 2. The molecule has 0 aliphatic heterocycles. The number of rotatable bonds is 4. The molecule has 2 aromatic carbocycles. The molecule has 3 aromatic rings. The summed E-state index contributed by atoms with van der Waals surface area (Å²) in [6.45, 7) is -2.95. The van der Waals surface area contributed by atoms with E-state index in [1.807, 2.05) is 30.3 Å². The summed E-state index contributed by atoms with van der Waals surface area (Å²) >= 11 is 3.28. The predicted octanol–water partition coefficient (Wildman–Crippen LogP) is 4.99. The smallest absolute Gasteiger partial charge is 0.387 e. The van der Waals surface area contributed by atoms with Crippen molar-refractivity contribution in [1.29, 1.82) is 5.26 Å². The van der Waals surface area contributed by atoms with Crippen molar-refractivity contribution < 1.29 is 13.5 Å². The van der Waals surface area contributed by atoms with Crippen molar-refractivity contribution in [1.82, 2.24) is 9.97 Å². The Balaban J connectivity index is 2.07. The molecule has 0 bridgehead atoms. The fourth-order valence-corrected chi connectivity index (χ4v) is 2.60. The van der Waals surface area contributed by atoms with Crippen LogP contribution in [0.3, 0.4) is 0 Å². The number of halogens is 3. The third kappa shape index (κ3) is 3.44. The van der Waals surface area contributed by atoms with Gasteiger partial charge in [-0.3, -0.25) is 0 Å². The van der Waals surface area contributed by atoms with Crippen LogP contribution in [0, 0.1) is 11.3 Å². The van der Waals surface area contributed by atoms with Gasteiger partial charge in [0, 0.05) is 10.0 Å². The first-order chi connectivity index (χ1) is 11.6. The molecule has 0 atom stereocenters. The highest BCUT2D eigenvalue weighted by Gasteiger charge is 2.12. The molecule has 0 saturated heterocycles. The number of aromatic amines is 1. The second kappa shape index (κ2) is 6.81. The fourth-order valence-electron chi connectivity index (χ4n) is 2.22. The Bertz CT molecular complexity index is 927. The highest BCUT2D eigenvalue weighted by atomic mass is 79.9. The zero-order chi connectivity index (χ0) is 17.1. The number of allylic oxidation sites excluding steroid dienone is 1. The molecule has 0 aliphatic carbocycles. The van der Waals surface area contributed by atoms with Gasteiger partial charge in [0.1, 0.15) is 17.6 Å². The normalized spacial score (nSPS) is 11.7. The molecule has 0 fully saturated rings. The standard InChI is InChI=1S/C17H10BrF2N3O/c18-12-5-6-15(24-17(19)20)10(8-12)7-11(9-21)16-22-13-3-1-2-4-14(13)23-16/h1-8,17H,(H,22,23)/b11-7+. The average Bonchev–Trinajstić information content (AvgIpc) is 2.98. The maximum absolute atomic E-state index is 12.5. The average molecular weight is 390 g/mol. The van der Waals surface area contributed by atoms with E-state index in [1.54, 1.807) is 12.1 Å². The van der Waals surface area contributed by atoms with Gasteiger partial charge in [0.2, 0.25) is 0 Å². The maximum Gasteiger partial charge on any atom is 0.387 e. The van der Waals surface area contributed by atoms with Crippen LogP contribution in [-0.4, -0.2) is 16.6 Å². The van der Waals surface area contributed by atoms with Crippen LogP contribution in [0.4, 0.5) is 8.78 Å². The monoisotopic (exact) mass is 389 g/mol. The van der Waals surface area contributed by atoms with Crippen molar-refractivity contribution in [3.05, 3.63) is 58.3 Å². The molecule has 4 nitrogen and oxygen atoms in total. The lowest BCUT2D eigenvalue weighted by atomic mass is 10.1. The second-order valence-electron chi connectivity index (χ2n) is 4.83. The minimum absolute atomic E-state index is 0.0166. The Morgan fingerprint density at radius 2 is 2.08 bits per heavy atom. The van der Waals surface area contributed by atoms with Crippen LogP contribution in [0.25, 0.3) is 22.7 Å². The molecule has 0 aliphatic rings. The molecule has 0 amide bonds. The van der Waals surface area contributed by atoms with E-state index in [0.717, 1.165) is 5.52 Å². The van der Waals surface area contributed by atoms with E-state index in [1.165, 1.54) is 12.1 Å². The summed E-state index contributed by atoms with van der Waals surface area (Å²) in [4.78, 5) is 7.39. The lowest BCUT2D eigenvalue weighted by Gasteiger charge is -2.08. The molecule has 3 rings (SSSR count). The Labute approximate surface area is 144 Å². The number of para-hydroxylation sites is 2. The summed E-state index contributed by atoms with van der Waals surface area (Å²) in [6, 6.07) is 14.0. The molecule has 7 heteroatoms. The quantitative estimate of drug-likeness (QED) is 0.639. The van der Waals surface area contributed by atoms with Crippen LogP contribution < -0.4 is 4.74 Å². The Kier molecular flexibility index (Phi) is 4.58. The number of fused-ring (bicyclic) bond motifs is 1. The van der Waals surface area contributed by atoms with Crippen LogP contribution >= 0.6 is 15.9 Å². The molecule has 24 heavy (non-hydrogen) atoms. The number of aromatic nitrogens is 2. The van der Waals surface area contributed by atoms with Gasteiger partial charge in [-0.2, -0.15) is 14.0 Å². The molecule has 1 N–H and O–H groups in total. The maximum atomic E-state index is 12.5. The van der Waals surface area contributed by atoms with Gasteiger partial charge in [-0.25, -0.2) is 4.98 Å². The lowest BCUT2D eigenvalue weighted by Crippen LogP contribution is -2.03. The van der Waals surface area contributed by atoms with E-state index in [0.29, 0.717) is 21.4 Å². The Morgan fingerprint density at radius 1 is 1.29 bits per heavy atom. The molecule has 120 valence electrons. The summed E-state index contributed by atoms with van der Waals surface area (Å²) in [5.74, 6) is 0.346. The zero-order valence-corrected chi connectivity index (χ0v) is 13.7. The van der Waals surface area contributed by atoms with Crippen molar-refractivity contribution in [3.8, 4) is 11.8 Å². The van der Waals surface area contributed by atoms with Crippen LogP contribution in [0.2, 0.25) is 0 Å². The largest absolute Gasteiger partial charge is 0.434 e.